The Balaban J connectivity index is 2.30. The fourth-order valence-electron chi connectivity index (χ4n) is 1.56. The number of aliphatic carboxylic acids is 1. The van der Waals surface area contributed by atoms with Crippen molar-refractivity contribution in [3.8, 4) is 11.1 Å². The normalized spacial score (nSPS) is 10.5. The molecule has 4 nitrogen and oxygen atoms in total. The van der Waals surface area contributed by atoms with Crippen LogP contribution in [0.2, 0.25) is 0 Å². The third kappa shape index (κ3) is 2.50. The second-order valence-electron chi connectivity index (χ2n) is 3.78. The molecule has 1 N–H and O–H groups in total. The second-order valence-corrected chi connectivity index (χ2v) is 3.78. The van der Waals surface area contributed by atoms with Crippen LogP contribution in [0.4, 0.5) is 4.39 Å². The minimum Gasteiger partial charge on any atom is -0.480 e. The minimum atomic E-state index is -0.949. The smallest absolute Gasteiger partial charge is 0.325 e. The number of carbonyl (C=O) groups is 1. The molecule has 0 aliphatic heterocycles. The van der Waals surface area contributed by atoms with Crippen molar-refractivity contribution in [3.63, 3.8) is 0 Å². The summed E-state index contributed by atoms with van der Waals surface area (Å²) in [7, 11) is 0. The van der Waals surface area contributed by atoms with E-state index in [1.54, 1.807) is 31.5 Å². The molecule has 0 unspecified atom stereocenters. The molecule has 88 valence electrons. The van der Waals surface area contributed by atoms with E-state index >= 15 is 0 Å². The third-order valence-corrected chi connectivity index (χ3v) is 2.42. The van der Waals surface area contributed by atoms with Crippen LogP contribution in [-0.4, -0.2) is 20.9 Å². The lowest BCUT2D eigenvalue weighted by Crippen LogP contribution is -2.08. The van der Waals surface area contributed by atoms with Crippen LogP contribution in [0.25, 0.3) is 11.1 Å². The summed E-state index contributed by atoms with van der Waals surface area (Å²) >= 11 is 0. The minimum absolute atomic E-state index is 0.180. The summed E-state index contributed by atoms with van der Waals surface area (Å²) < 4.78 is 14.4. The topological polar surface area (TPSA) is 55.1 Å². The molecule has 17 heavy (non-hydrogen) atoms. The Hall–Kier alpha value is -2.17. The summed E-state index contributed by atoms with van der Waals surface area (Å²) in [4.78, 5) is 10.5. The number of hydrogen-bond acceptors (Lipinski definition) is 2. The first-order valence-electron chi connectivity index (χ1n) is 5.07. The number of benzene rings is 1. The molecular weight excluding hydrogens is 223 g/mol. The Bertz CT molecular complexity index is 563. The molecule has 1 heterocycles. The number of carboxylic acid groups (broad SMARTS) is 1. The zero-order chi connectivity index (χ0) is 12.4. The van der Waals surface area contributed by atoms with Gasteiger partial charge in [0.25, 0.3) is 0 Å². The lowest BCUT2D eigenvalue weighted by Gasteiger charge is -2.00. The Labute approximate surface area is 97.3 Å². The molecule has 2 aromatic rings. The molecule has 0 atom stereocenters. The summed E-state index contributed by atoms with van der Waals surface area (Å²) in [5.41, 5.74) is 2.14. The fourth-order valence-corrected chi connectivity index (χ4v) is 1.56. The molecule has 1 aromatic carbocycles. The number of aromatic nitrogens is 2. The van der Waals surface area contributed by atoms with Crippen LogP contribution >= 0.6 is 0 Å². The molecule has 5 heteroatoms. The highest BCUT2D eigenvalue weighted by atomic mass is 19.1. The van der Waals surface area contributed by atoms with Crippen molar-refractivity contribution in [2.45, 2.75) is 13.5 Å². The number of aryl methyl sites for hydroxylation is 1. The van der Waals surface area contributed by atoms with E-state index in [4.69, 9.17) is 5.11 Å². The lowest BCUT2D eigenvalue weighted by atomic mass is 10.1. The largest absolute Gasteiger partial charge is 0.480 e. The molecule has 0 radical (unpaired) electrons. The summed E-state index contributed by atoms with van der Waals surface area (Å²) in [6.07, 6.45) is 3.19. The maximum Gasteiger partial charge on any atom is 0.325 e. The molecular formula is C12H11FN2O2. The van der Waals surface area contributed by atoms with Gasteiger partial charge in [-0.05, 0) is 30.2 Å². The molecule has 0 amide bonds. The van der Waals surface area contributed by atoms with Crippen molar-refractivity contribution in [1.29, 1.82) is 0 Å². The number of hydrogen-bond donors (Lipinski definition) is 1. The molecule has 0 aliphatic rings. The molecule has 0 spiro atoms. The van der Waals surface area contributed by atoms with E-state index in [-0.39, 0.29) is 12.4 Å². The number of rotatable bonds is 3. The first-order chi connectivity index (χ1) is 8.06. The molecule has 0 bridgehead atoms. The van der Waals surface area contributed by atoms with Gasteiger partial charge in [0.2, 0.25) is 0 Å². The Morgan fingerprint density at radius 3 is 2.88 bits per heavy atom. The average Bonchev–Trinajstić information content (AvgIpc) is 2.69. The van der Waals surface area contributed by atoms with Gasteiger partial charge >= 0.3 is 5.97 Å². The van der Waals surface area contributed by atoms with E-state index in [9.17, 15) is 9.18 Å². The first-order valence-corrected chi connectivity index (χ1v) is 5.07. The van der Waals surface area contributed by atoms with Crippen molar-refractivity contribution in [2.24, 2.45) is 0 Å². The maximum atomic E-state index is 13.1. The highest BCUT2D eigenvalue weighted by Gasteiger charge is 2.06. The van der Waals surface area contributed by atoms with Gasteiger partial charge in [0, 0.05) is 11.8 Å². The maximum absolute atomic E-state index is 13.1. The summed E-state index contributed by atoms with van der Waals surface area (Å²) in [5.74, 6) is -1.21. The van der Waals surface area contributed by atoms with Crippen LogP contribution in [0, 0.1) is 12.7 Å². The Morgan fingerprint density at radius 1 is 1.47 bits per heavy atom. The van der Waals surface area contributed by atoms with Crippen molar-refractivity contribution in [2.75, 3.05) is 0 Å². The van der Waals surface area contributed by atoms with Crippen LogP contribution in [0.15, 0.2) is 30.6 Å². The van der Waals surface area contributed by atoms with Crippen LogP contribution in [0.5, 0.6) is 0 Å². The van der Waals surface area contributed by atoms with Crippen LogP contribution in [0.3, 0.4) is 0 Å². The van der Waals surface area contributed by atoms with E-state index < -0.39 is 5.97 Å². The predicted molar refractivity (Wildman–Crippen MR) is 60.0 cm³/mol. The number of carboxylic acids is 1. The van der Waals surface area contributed by atoms with Gasteiger partial charge in [-0.3, -0.25) is 9.48 Å². The van der Waals surface area contributed by atoms with Gasteiger partial charge in [-0.1, -0.05) is 6.07 Å². The highest BCUT2D eigenvalue weighted by Crippen LogP contribution is 2.21. The van der Waals surface area contributed by atoms with Crippen molar-refractivity contribution < 1.29 is 14.3 Å². The molecule has 0 aliphatic carbocycles. The van der Waals surface area contributed by atoms with Crippen LogP contribution < -0.4 is 0 Å². The Morgan fingerprint density at radius 2 is 2.24 bits per heavy atom. The average molecular weight is 234 g/mol. The number of nitrogens with zero attached hydrogens (tertiary/aromatic N) is 2. The van der Waals surface area contributed by atoms with Gasteiger partial charge < -0.3 is 5.11 Å². The van der Waals surface area contributed by atoms with Crippen molar-refractivity contribution in [1.82, 2.24) is 9.78 Å². The quantitative estimate of drug-likeness (QED) is 0.884. The summed E-state index contributed by atoms with van der Waals surface area (Å²) in [6, 6.07) is 4.74. The first kappa shape index (κ1) is 11.3. The molecule has 0 saturated carbocycles. The third-order valence-electron chi connectivity index (χ3n) is 2.42. The van der Waals surface area contributed by atoms with Crippen molar-refractivity contribution in [3.05, 3.63) is 42.0 Å². The number of halogens is 1. The Kier molecular flexibility index (Phi) is 2.91. The summed E-state index contributed by atoms with van der Waals surface area (Å²) in [5, 5.41) is 12.5. The van der Waals surface area contributed by atoms with E-state index in [1.807, 2.05) is 0 Å². The monoisotopic (exact) mass is 234 g/mol. The SMILES string of the molecule is Cc1cc(-c2cnn(CC(=O)O)c2)ccc1F. The van der Waals surface area contributed by atoms with Gasteiger partial charge in [0.1, 0.15) is 12.4 Å². The molecule has 0 fully saturated rings. The van der Waals surface area contributed by atoms with Gasteiger partial charge in [-0.25, -0.2) is 4.39 Å². The molecule has 0 saturated heterocycles. The van der Waals surface area contributed by atoms with E-state index in [0.29, 0.717) is 5.56 Å². The van der Waals surface area contributed by atoms with Crippen LogP contribution in [-0.2, 0) is 11.3 Å². The highest BCUT2D eigenvalue weighted by molar-refractivity contribution is 5.67. The zero-order valence-electron chi connectivity index (χ0n) is 9.22. The second kappa shape index (κ2) is 4.37. The zero-order valence-corrected chi connectivity index (χ0v) is 9.22. The van der Waals surface area contributed by atoms with Gasteiger partial charge in [-0.15, -0.1) is 0 Å². The van der Waals surface area contributed by atoms with Crippen LogP contribution in [0.1, 0.15) is 5.56 Å². The summed E-state index contributed by atoms with van der Waals surface area (Å²) in [6.45, 7) is 1.50. The van der Waals surface area contributed by atoms with Gasteiger partial charge in [-0.2, -0.15) is 5.10 Å². The molecule has 1 aromatic heterocycles. The lowest BCUT2D eigenvalue weighted by molar-refractivity contribution is -0.137. The van der Waals surface area contributed by atoms with Gasteiger partial charge in [0.05, 0.1) is 6.20 Å². The van der Waals surface area contributed by atoms with E-state index in [2.05, 4.69) is 5.10 Å². The standard InChI is InChI=1S/C12H11FN2O2/c1-8-4-9(2-3-11(8)13)10-5-14-15(6-10)7-12(16)17/h2-6H,7H2,1H3,(H,16,17). The van der Waals surface area contributed by atoms with E-state index in [1.165, 1.54) is 10.7 Å². The van der Waals surface area contributed by atoms with Gasteiger partial charge in [0.15, 0.2) is 0 Å². The fraction of sp³-hybridized carbons (Fsp3) is 0.167. The predicted octanol–water partition coefficient (Wildman–Crippen LogP) is 2.08. The van der Waals surface area contributed by atoms with Crippen molar-refractivity contribution >= 4 is 5.97 Å². The molecule has 2 rings (SSSR count). The van der Waals surface area contributed by atoms with E-state index in [0.717, 1.165) is 11.1 Å².